The highest BCUT2D eigenvalue weighted by Gasteiger charge is 2.09. The van der Waals surface area contributed by atoms with E-state index in [4.69, 9.17) is 5.73 Å². The minimum atomic E-state index is -0.304. The molecule has 0 unspecified atom stereocenters. The first-order chi connectivity index (χ1) is 9.18. The molecule has 1 aromatic carbocycles. The third-order valence-corrected chi connectivity index (χ3v) is 2.72. The number of nitrogen functional groups attached to an aromatic ring is 1. The van der Waals surface area contributed by atoms with E-state index in [9.17, 15) is 9.18 Å². The standard InChI is InChI=1S/C14H14FN3O/c15-12-6-2-1-4-10(12)7-9-18-14(19)11-5-3-8-17-13(11)16/h1-6,8H,7,9H2,(H2,16,17)(H,18,19). The highest BCUT2D eigenvalue weighted by Crippen LogP contribution is 2.08. The molecule has 3 N–H and O–H groups in total. The summed E-state index contributed by atoms with van der Waals surface area (Å²) in [5.74, 6) is -0.384. The minimum Gasteiger partial charge on any atom is -0.383 e. The molecule has 0 saturated carbocycles. The summed E-state index contributed by atoms with van der Waals surface area (Å²) < 4.78 is 13.4. The topological polar surface area (TPSA) is 68.0 Å². The first-order valence-corrected chi connectivity index (χ1v) is 5.90. The molecule has 0 aliphatic carbocycles. The predicted octanol–water partition coefficient (Wildman–Crippen LogP) is 1.78. The van der Waals surface area contributed by atoms with Crippen molar-refractivity contribution in [2.45, 2.75) is 6.42 Å². The maximum absolute atomic E-state index is 13.4. The van der Waals surface area contributed by atoms with Gasteiger partial charge in [-0.05, 0) is 30.2 Å². The molecule has 0 saturated heterocycles. The summed E-state index contributed by atoms with van der Waals surface area (Å²) in [6.45, 7) is 0.341. The van der Waals surface area contributed by atoms with Crippen LogP contribution in [0.3, 0.4) is 0 Å². The third kappa shape index (κ3) is 3.28. The number of rotatable bonds is 4. The molecule has 2 rings (SSSR count). The van der Waals surface area contributed by atoms with Crippen LogP contribution in [0, 0.1) is 5.82 Å². The average molecular weight is 259 g/mol. The largest absolute Gasteiger partial charge is 0.383 e. The Morgan fingerprint density at radius 2 is 2.05 bits per heavy atom. The normalized spacial score (nSPS) is 10.2. The highest BCUT2D eigenvalue weighted by atomic mass is 19.1. The average Bonchev–Trinajstić information content (AvgIpc) is 2.41. The van der Waals surface area contributed by atoms with Crippen LogP contribution in [0.1, 0.15) is 15.9 Å². The van der Waals surface area contributed by atoms with Crippen molar-refractivity contribution >= 4 is 11.7 Å². The number of nitrogens with zero attached hydrogens (tertiary/aromatic N) is 1. The molecular weight excluding hydrogens is 245 g/mol. The predicted molar refractivity (Wildman–Crippen MR) is 71.1 cm³/mol. The van der Waals surface area contributed by atoms with Gasteiger partial charge in [0.2, 0.25) is 0 Å². The van der Waals surface area contributed by atoms with Crippen molar-refractivity contribution in [2.75, 3.05) is 12.3 Å². The maximum Gasteiger partial charge on any atom is 0.255 e. The number of halogens is 1. The van der Waals surface area contributed by atoms with Gasteiger partial charge in [-0.1, -0.05) is 18.2 Å². The Hall–Kier alpha value is -2.43. The van der Waals surface area contributed by atoms with Gasteiger partial charge in [-0.25, -0.2) is 9.37 Å². The first-order valence-electron chi connectivity index (χ1n) is 5.90. The second-order valence-electron chi connectivity index (χ2n) is 4.03. The molecule has 1 heterocycles. The molecule has 0 aliphatic heterocycles. The minimum absolute atomic E-state index is 0.186. The number of aromatic nitrogens is 1. The van der Waals surface area contributed by atoms with Gasteiger partial charge in [-0.15, -0.1) is 0 Å². The SMILES string of the molecule is Nc1ncccc1C(=O)NCCc1ccccc1F. The van der Waals surface area contributed by atoms with Crippen molar-refractivity contribution in [3.05, 3.63) is 59.5 Å². The van der Waals surface area contributed by atoms with Gasteiger partial charge in [0.05, 0.1) is 5.56 Å². The van der Waals surface area contributed by atoms with Gasteiger partial charge in [-0.3, -0.25) is 4.79 Å². The second-order valence-corrected chi connectivity index (χ2v) is 4.03. The van der Waals surface area contributed by atoms with E-state index in [1.165, 1.54) is 12.3 Å². The van der Waals surface area contributed by atoms with E-state index in [0.29, 0.717) is 24.1 Å². The van der Waals surface area contributed by atoms with E-state index in [2.05, 4.69) is 10.3 Å². The number of hydrogen-bond donors (Lipinski definition) is 2. The van der Waals surface area contributed by atoms with Crippen LogP contribution in [0.5, 0.6) is 0 Å². The van der Waals surface area contributed by atoms with Crippen molar-refractivity contribution in [1.82, 2.24) is 10.3 Å². The molecule has 0 atom stereocenters. The molecule has 0 bridgehead atoms. The molecule has 0 fully saturated rings. The Labute approximate surface area is 110 Å². The third-order valence-electron chi connectivity index (χ3n) is 2.72. The Morgan fingerprint density at radius 3 is 2.79 bits per heavy atom. The molecule has 0 aliphatic rings. The molecule has 1 aromatic heterocycles. The van der Waals surface area contributed by atoms with Crippen LogP contribution in [-0.2, 0) is 6.42 Å². The first kappa shape index (κ1) is 13.0. The summed E-state index contributed by atoms with van der Waals surface area (Å²) in [5.41, 5.74) is 6.50. The van der Waals surface area contributed by atoms with Gasteiger partial charge in [-0.2, -0.15) is 0 Å². The van der Waals surface area contributed by atoms with Crippen molar-refractivity contribution in [3.63, 3.8) is 0 Å². The summed E-state index contributed by atoms with van der Waals surface area (Å²) >= 11 is 0. The summed E-state index contributed by atoms with van der Waals surface area (Å²) in [7, 11) is 0. The molecule has 0 spiro atoms. The molecular formula is C14H14FN3O. The number of benzene rings is 1. The van der Waals surface area contributed by atoms with E-state index < -0.39 is 0 Å². The molecule has 2 aromatic rings. The smallest absolute Gasteiger partial charge is 0.255 e. The number of carbonyl (C=O) groups is 1. The van der Waals surface area contributed by atoms with Crippen molar-refractivity contribution in [3.8, 4) is 0 Å². The lowest BCUT2D eigenvalue weighted by Crippen LogP contribution is -2.26. The molecule has 98 valence electrons. The summed E-state index contributed by atoms with van der Waals surface area (Å²) in [4.78, 5) is 15.7. The summed E-state index contributed by atoms with van der Waals surface area (Å²) in [5, 5.41) is 2.69. The Bertz CT molecular complexity index is 586. The lowest BCUT2D eigenvalue weighted by Gasteiger charge is -2.07. The fourth-order valence-corrected chi connectivity index (χ4v) is 1.72. The fraction of sp³-hybridized carbons (Fsp3) is 0.143. The van der Waals surface area contributed by atoms with E-state index in [-0.39, 0.29) is 17.5 Å². The van der Waals surface area contributed by atoms with E-state index in [1.807, 2.05) is 0 Å². The maximum atomic E-state index is 13.4. The van der Waals surface area contributed by atoms with Gasteiger partial charge in [0.25, 0.3) is 5.91 Å². The molecule has 19 heavy (non-hydrogen) atoms. The summed E-state index contributed by atoms with van der Waals surface area (Å²) in [6.07, 6.45) is 1.95. The lowest BCUT2D eigenvalue weighted by molar-refractivity contribution is 0.0954. The van der Waals surface area contributed by atoms with Crippen LogP contribution in [0.2, 0.25) is 0 Å². The molecule has 4 nitrogen and oxygen atoms in total. The number of hydrogen-bond acceptors (Lipinski definition) is 3. The number of nitrogens with two attached hydrogens (primary N) is 1. The second kappa shape index (κ2) is 5.95. The molecule has 0 radical (unpaired) electrons. The summed E-state index contributed by atoms with van der Waals surface area (Å²) in [6, 6.07) is 9.73. The fourth-order valence-electron chi connectivity index (χ4n) is 1.72. The molecule has 1 amide bonds. The van der Waals surface area contributed by atoms with Crippen molar-refractivity contribution in [2.24, 2.45) is 0 Å². The zero-order chi connectivity index (χ0) is 13.7. The quantitative estimate of drug-likeness (QED) is 0.879. The zero-order valence-corrected chi connectivity index (χ0v) is 10.3. The number of anilines is 1. The van der Waals surface area contributed by atoms with Crippen molar-refractivity contribution < 1.29 is 9.18 Å². The highest BCUT2D eigenvalue weighted by molar-refractivity contribution is 5.98. The number of pyridine rings is 1. The zero-order valence-electron chi connectivity index (χ0n) is 10.3. The van der Waals surface area contributed by atoms with Crippen molar-refractivity contribution in [1.29, 1.82) is 0 Å². The van der Waals surface area contributed by atoms with Crippen LogP contribution in [0.25, 0.3) is 0 Å². The lowest BCUT2D eigenvalue weighted by atomic mass is 10.1. The van der Waals surface area contributed by atoms with E-state index >= 15 is 0 Å². The van der Waals surface area contributed by atoms with Gasteiger partial charge >= 0.3 is 0 Å². The number of carbonyl (C=O) groups excluding carboxylic acids is 1. The van der Waals surface area contributed by atoms with Crippen LogP contribution in [0.4, 0.5) is 10.2 Å². The Kier molecular flexibility index (Phi) is 4.07. The van der Waals surface area contributed by atoms with Crippen LogP contribution in [-0.4, -0.2) is 17.4 Å². The van der Waals surface area contributed by atoms with Gasteiger partial charge in [0.1, 0.15) is 11.6 Å². The van der Waals surface area contributed by atoms with Crippen LogP contribution in [0.15, 0.2) is 42.6 Å². The molecule has 5 heteroatoms. The Balaban J connectivity index is 1.92. The van der Waals surface area contributed by atoms with Crippen LogP contribution < -0.4 is 11.1 Å². The van der Waals surface area contributed by atoms with E-state index in [0.717, 1.165) is 0 Å². The van der Waals surface area contributed by atoms with E-state index in [1.54, 1.807) is 30.3 Å². The van der Waals surface area contributed by atoms with Gasteiger partial charge in [0, 0.05) is 12.7 Å². The Morgan fingerprint density at radius 1 is 1.26 bits per heavy atom. The number of nitrogens with one attached hydrogen (secondary N) is 1. The monoisotopic (exact) mass is 259 g/mol. The van der Waals surface area contributed by atoms with Gasteiger partial charge < -0.3 is 11.1 Å². The number of amides is 1. The van der Waals surface area contributed by atoms with Gasteiger partial charge in [0.15, 0.2) is 0 Å². The van der Waals surface area contributed by atoms with Crippen LogP contribution >= 0.6 is 0 Å².